The Hall–Kier alpha value is -2.25. The number of aromatic amines is 1. The van der Waals surface area contributed by atoms with Crippen molar-refractivity contribution in [1.82, 2.24) is 25.9 Å². The summed E-state index contributed by atoms with van der Waals surface area (Å²) in [5.41, 5.74) is 6.62. The number of thioether (sulfide) groups is 2. The zero-order chi connectivity index (χ0) is 26.4. The highest BCUT2D eigenvalue weighted by molar-refractivity contribution is 7.98. The molecule has 0 aliphatic heterocycles. The van der Waals surface area contributed by atoms with Gasteiger partial charge in [0.25, 0.3) is 0 Å². The van der Waals surface area contributed by atoms with Crippen LogP contribution in [-0.2, 0) is 25.6 Å². The molecule has 1 aromatic heterocycles. The van der Waals surface area contributed by atoms with E-state index in [9.17, 15) is 24.3 Å². The van der Waals surface area contributed by atoms with E-state index in [2.05, 4.69) is 25.9 Å². The van der Waals surface area contributed by atoms with Gasteiger partial charge in [-0.3, -0.25) is 14.4 Å². The average molecular weight is 531 g/mol. The molecular formula is C22H38N6O5S2. The molecule has 3 amide bonds. The number of aromatic nitrogens is 2. The van der Waals surface area contributed by atoms with Gasteiger partial charge in [0.2, 0.25) is 17.7 Å². The molecule has 11 nitrogen and oxygen atoms in total. The van der Waals surface area contributed by atoms with Crippen LogP contribution in [0.15, 0.2) is 12.5 Å². The molecule has 0 aliphatic rings. The molecule has 35 heavy (non-hydrogen) atoms. The van der Waals surface area contributed by atoms with Gasteiger partial charge in [-0.15, -0.1) is 0 Å². The van der Waals surface area contributed by atoms with Crippen molar-refractivity contribution in [3.05, 3.63) is 18.2 Å². The number of nitrogens with one attached hydrogen (secondary N) is 4. The van der Waals surface area contributed by atoms with Crippen LogP contribution in [-0.4, -0.2) is 86.9 Å². The minimum absolute atomic E-state index is 0.0626. The van der Waals surface area contributed by atoms with Crippen molar-refractivity contribution in [2.24, 2.45) is 11.7 Å². The Bertz CT molecular complexity index is 810. The summed E-state index contributed by atoms with van der Waals surface area (Å²) in [5, 5.41) is 17.4. The van der Waals surface area contributed by atoms with Gasteiger partial charge in [0.15, 0.2) is 0 Å². The number of nitrogens with zero attached hydrogens (tertiary/aromatic N) is 1. The lowest BCUT2D eigenvalue weighted by atomic mass is 9.99. The van der Waals surface area contributed by atoms with Crippen molar-refractivity contribution in [2.45, 2.75) is 63.7 Å². The summed E-state index contributed by atoms with van der Waals surface area (Å²) >= 11 is 2.99. The number of amides is 3. The molecule has 0 fully saturated rings. The maximum Gasteiger partial charge on any atom is 0.326 e. The predicted molar refractivity (Wildman–Crippen MR) is 139 cm³/mol. The third-order valence-corrected chi connectivity index (χ3v) is 6.93. The zero-order valence-electron chi connectivity index (χ0n) is 20.7. The van der Waals surface area contributed by atoms with Crippen molar-refractivity contribution in [1.29, 1.82) is 0 Å². The average Bonchev–Trinajstić information content (AvgIpc) is 3.35. The summed E-state index contributed by atoms with van der Waals surface area (Å²) in [6.07, 6.45) is 8.07. The monoisotopic (exact) mass is 530 g/mol. The van der Waals surface area contributed by atoms with Gasteiger partial charge in [0.05, 0.1) is 12.4 Å². The van der Waals surface area contributed by atoms with Crippen LogP contribution in [0.1, 0.15) is 38.8 Å². The zero-order valence-corrected chi connectivity index (χ0v) is 22.3. The lowest BCUT2D eigenvalue weighted by Crippen LogP contribution is -2.58. The largest absolute Gasteiger partial charge is 0.480 e. The third kappa shape index (κ3) is 10.9. The van der Waals surface area contributed by atoms with E-state index in [0.29, 0.717) is 30.0 Å². The molecule has 0 spiro atoms. The Labute approximate surface area is 214 Å². The quantitative estimate of drug-likeness (QED) is 0.166. The molecule has 1 heterocycles. The molecule has 0 saturated carbocycles. The molecule has 1 aromatic rings. The Kier molecular flexibility index (Phi) is 14.4. The van der Waals surface area contributed by atoms with E-state index in [4.69, 9.17) is 5.73 Å². The van der Waals surface area contributed by atoms with Gasteiger partial charge in [0.1, 0.15) is 18.1 Å². The first kappa shape index (κ1) is 30.8. The highest BCUT2D eigenvalue weighted by Gasteiger charge is 2.31. The second-order valence-corrected chi connectivity index (χ2v) is 10.2. The fraction of sp³-hybridized carbons (Fsp3) is 0.682. The number of carboxylic acid groups (broad SMARTS) is 1. The summed E-state index contributed by atoms with van der Waals surface area (Å²) in [7, 11) is 0. The molecule has 0 aliphatic carbocycles. The standard InChI is InChI=1S/C22H38N6O5S2/c1-5-13(2)18(23)21(31)26-15(6-8-34-3)19(29)28-17(10-14-11-24-12-25-14)20(30)27-16(22(32)33)7-9-35-4/h11-13,15-18H,5-10,23H2,1-4H3,(H,24,25)(H,26,31)(H,27,30)(H,28,29)(H,32,33). The smallest absolute Gasteiger partial charge is 0.326 e. The molecule has 0 saturated heterocycles. The molecule has 0 aromatic carbocycles. The number of nitrogens with two attached hydrogens (primary N) is 1. The Morgan fingerprint density at radius 1 is 1.00 bits per heavy atom. The molecule has 5 atom stereocenters. The van der Waals surface area contributed by atoms with Gasteiger partial charge < -0.3 is 31.8 Å². The normalized spacial score (nSPS) is 15.3. The molecule has 198 valence electrons. The van der Waals surface area contributed by atoms with E-state index in [0.717, 1.165) is 0 Å². The van der Waals surface area contributed by atoms with E-state index >= 15 is 0 Å². The second kappa shape index (κ2) is 16.4. The molecule has 1 rings (SSSR count). The van der Waals surface area contributed by atoms with Crippen molar-refractivity contribution in [2.75, 3.05) is 24.0 Å². The maximum absolute atomic E-state index is 13.2. The van der Waals surface area contributed by atoms with E-state index in [1.807, 2.05) is 26.4 Å². The highest BCUT2D eigenvalue weighted by Crippen LogP contribution is 2.09. The Morgan fingerprint density at radius 3 is 2.06 bits per heavy atom. The van der Waals surface area contributed by atoms with Crippen molar-refractivity contribution >= 4 is 47.2 Å². The van der Waals surface area contributed by atoms with Crippen LogP contribution >= 0.6 is 23.5 Å². The maximum atomic E-state index is 13.2. The number of imidazole rings is 1. The van der Waals surface area contributed by atoms with Crippen LogP contribution in [0.25, 0.3) is 0 Å². The first-order chi connectivity index (χ1) is 16.6. The van der Waals surface area contributed by atoms with Crippen molar-refractivity contribution < 1.29 is 24.3 Å². The lowest BCUT2D eigenvalue weighted by molar-refractivity contribution is -0.142. The summed E-state index contributed by atoms with van der Waals surface area (Å²) in [6.45, 7) is 3.79. The van der Waals surface area contributed by atoms with Crippen LogP contribution < -0.4 is 21.7 Å². The molecule has 0 radical (unpaired) electrons. The highest BCUT2D eigenvalue weighted by atomic mass is 32.2. The first-order valence-electron chi connectivity index (χ1n) is 11.5. The number of rotatable bonds is 17. The van der Waals surface area contributed by atoms with Crippen LogP contribution in [0.2, 0.25) is 0 Å². The van der Waals surface area contributed by atoms with Gasteiger partial charge in [-0.2, -0.15) is 23.5 Å². The predicted octanol–water partition coefficient (Wildman–Crippen LogP) is 0.371. The SMILES string of the molecule is CCC(C)C(N)C(=O)NC(CCSC)C(=O)NC(Cc1cnc[nH]1)C(=O)NC(CCSC)C(=O)O. The van der Waals surface area contributed by atoms with Gasteiger partial charge in [-0.05, 0) is 42.8 Å². The number of hydrogen-bond donors (Lipinski definition) is 6. The van der Waals surface area contributed by atoms with Crippen LogP contribution in [0.4, 0.5) is 0 Å². The molecular weight excluding hydrogens is 492 g/mol. The second-order valence-electron chi connectivity index (χ2n) is 8.28. The summed E-state index contributed by atoms with van der Waals surface area (Å²) < 4.78 is 0. The van der Waals surface area contributed by atoms with E-state index in [1.54, 1.807) is 0 Å². The summed E-state index contributed by atoms with van der Waals surface area (Å²) in [4.78, 5) is 57.3. The van der Waals surface area contributed by atoms with Crippen LogP contribution in [0.5, 0.6) is 0 Å². The number of carbonyl (C=O) groups excluding carboxylic acids is 3. The van der Waals surface area contributed by atoms with Crippen molar-refractivity contribution in [3.63, 3.8) is 0 Å². The van der Waals surface area contributed by atoms with Gasteiger partial charge in [-0.1, -0.05) is 20.3 Å². The van der Waals surface area contributed by atoms with Gasteiger partial charge in [-0.25, -0.2) is 9.78 Å². The third-order valence-electron chi connectivity index (χ3n) is 5.64. The number of hydrogen-bond acceptors (Lipinski definition) is 8. The number of aliphatic carboxylic acids is 1. The van der Waals surface area contributed by atoms with E-state index in [-0.39, 0.29) is 18.8 Å². The molecule has 7 N–H and O–H groups in total. The van der Waals surface area contributed by atoms with Gasteiger partial charge in [0, 0.05) is 18.3 Å². The number of H-pyrrole nitrogens is 1. The lowest BCUT2D eigenvalue weighted by Gasteiger charge is -2.26. The first-order valence-corrected chi connectivity index (χ1v) is 14.3. The van der Waals surface area contributed by atoms with Crippen LogP contribution in [0, 0.1) is 5.92 Å². The summed E-state index contributed by atoms with van der Waals surface area (Å²) in [5.74, 6) is -1.67. The fourth-order valence-corrected chi connectivity index (χ4v) is 4.09. The minimum Gasteiger partial charge on any atom is -0.480 e. The Balaban J connectivity index is 3.03. The van der Waals surface area contributed by atoms with Gasteiger partial charge >= 0.3 is 5.97 Å². The molecule has 13 heteroatoms. The topological polar surface area (TPSA) is 179 Å². The van der Waals surface area contributed by atoms with Crippen molar-refractivity contribution in [3.8, 4) is 0 Å². The molecule has 5 unspecified atom stereocenters. The van der Waals surface area contributed by atoms with E-state index in [1.165, 1.54) is 36.0 Å². The number of carbonyl (C=O) groups is 4. The van der Waals surface area contributed by atoms with Crippen LogP contribution in [0.3, 0.4) is 0 Å². The summed E-state index contributed by atoms with van der Waals surface area (Å²) in [6, 6.07) is -3.82. The fourth-order valence-electron chi connectivity index (χ4n) is 3.15. The Morgan fingerprint density at radius 2 is 1.54 bits per heavy atom. The van der Waals surface area contributed by atoms with E-state index < -0.39 is 47.9 Å². The number of carboxylic acids is 1. The minimum atomic E-state index is -1.15. The molecule has 0 bridgehead atoms.